The molecule has 1 N–H and O–H groups in total. The van der Waals surface area contributed by atoms with Crippen molar-refractivity contribution in [3.8, 4) is 22.3 Å². The summed E-state index contributed by atoms with van der Waals surface area (Å²) in [6, 6.07) is 14.1. The van der Waals surface area contributed by atoms with Crippen molar-refractivity contribution < 1.29 is 9.90 Å². The van der Waals surface area contributed by atoms with Gasteiger partial charge in [-0.3, -0.25) is 14.5 Å². The molecule has 0 unspecified atom stereocenters. The fourth-order valence-electron chi connectivity index (χ4n) is 3.26. The highest BCUT2D eigenvalue weighted by atomic mass is 16.3. The van der Waals surface area contributed by atoms with Crippen LogP contribution in [0.25, 0.3) is 33.0 Å². The maximum Gasteiger partial charge on any atom is 0.243 e. The molecule has 0 aliphatic carbocycles. The van der Waals surface area contributed by atoms with Crippen LogP contribution in [0.4, 0.5) is 0 Å². The molecule has 0 saturated heterocycles. The van der Waals surface area contributed by atoms with E-state index in [2.05, 4.69) is 22.2 Å². The Morgan fingerprint density at radius 1 is 1.00 bits per heavy atom. The average molecular weight is 386 g/mol. The molecule has 2 aromatic carbocycles. The van der Waals surface area contributed by atoms with Crippen LogP contribution in [0.2, 0.25) is 0 Å². The molecule has 0 saturated carbocycles. The van der Waals surface area contributed by atoms with E-state index >= 15 is 0 Å². The number of benzene rings is 2. The van der Waals surface area contributed by atoms with Crippen LogP contribution in [-0.2, 0) is 17.9 Å². The molecular formula is C23H22N4O2. The van der Waals surface area contributed by atoms with E-state index in [1.54, 1.807) is 29.9 Å². The smallest absolute Gasteiger partial charge is 0.243 e. The number of likely N-dealkylation sites (N-methyl/N-ethyl adjacent to an activating group) is 1. The van der Waals surface area contributed by atoms with Crippen molar-refractivity contribution in [3.05, 3.63) is 72.8 Å². The molecule has 0 bridgehead atoms. The highest BCUT2D eigenvalue weighted by Gasteiger charge is 2.09. The molecule has 29 heavy (non-hydrogen) atoms. The van der Waals surface area contributed by atoms with Crippen molar-refractivity contribution in [2.75, 3.05) is 14.1 Å². The standard InChI is InChI=1S/C23H22N4O2/c1-26(2)23(29)14-27-13-20(11-25-27)17-5-7-18(8-6-17)22-12-24-10-19-4-3-16(15-28)9-21(19)22/h3-13,28H,14-15H2,1-2H3. The molecule has 0 aliphatic rings. The van der Waals surface area contributed by atoms with Gasteiger partial charge in [0.05, 0.1) is 12.8 Å². The number of rotatable bonds is 5. The summed E-state index contributed by atoms with van der Waals surface area (Å²) in [5.41, 5.74) is 4.94. The minimum absolute atomic E-state index is 0.000650. The first kappa shape index (κ1) is 18.8. The molecule has 0 atom stereocenters. The van der Waals surface area contributed by atoms with Crippen LogP contribution in [0.5, 0.6) is 0 Å². The van der Waals surface area contributed by atoms with Gasteiger partial charge in [-0.1, -0.05) is 36.4 Å². The SMILES string of the molecule is CN(C)C(=O)Cn1cc(-c2ccc(-c3cncc4ccc(CO)cc34)cc2)cn1. The summed E-state index contributed by atoms with van der Waals surface area (Å²) >= 11 is 0. The Kier molecular flexibility index (Phi) is 5.10. The highest BCUT2D eigenvalue weighted by Crippen LogP contribution is 2.30. The first-order valence-corrected chi connectivity index (χ1v) is 9.36. The zero-order chi connectivity index (χ0) is 20.4. The van der Waals surface area contributed by atoms with Crippen molar-refractivity contribution in [2.24, 2.45) is 0 Å². The highest BCUT2D eigenvalue weighted by molar-refractivity contribution is 5.96. The first-order valence-electron chi connectivity index (χ1n) is 9.36. The molecule has 6 heteroatoms. The van der Waals surface area contributed by atoms with Crippen molar-refractivity contribution in [3.63, 3.8) is 0 Å². The Hall–Kier alpha value is -3.51. The van der Waals surface area contributed by atoms with Crippen molar-refractivity contribution in [1.82, 2.24) is 19.7 Å². The quantitative estimate of drug-likeness (QED) is 0.571. The van der Waals surface area contributed by atoms with E-state index in [4.69, 9.17) is 0 Å². The molecule has 4 rings (SSSR count). The van der Waals surface area contributed by atoms with E-state index in [0.29, 0.717) is 0 Å². The summed E-state index contributed by atoms with van der Waals surface area (Å²) in [5, 5.41) is 15.9. The van der Waals surface area contributed by atoms with E-state index in [0.717, 1.165) is 38.6 Å². The number of amides is 1. The van der Waals surface area contributed by atoms with Gasteiger partial charge in [0.25, 0.3) is 0 Å². The molecule has 1 amide bonds. The Balaban J connectivity index is 1.63. The number of aliphatic hydroxyl groups is 1. The largest absolute Gasteiger partial charge is 0.392 e. The molecule has 6 nitrogen and oxygen atoms in total. The van der Waals surface area contributed by atoms with Crippen molar-refractivity contribution in [2.45, 2.75) is 13.2 Å². The third-order valence-electron chi connectivity index (χ3n) is 4.97. The molecule has 2 heterocycles. The lowest BCUT2D eigenvalue weighted by Gasteiger charge is -2.09. The zero-order valence-corrected chi connectivity index (χ0v) is 16.4. The van der Waals surface area contributed by atoms with Gasteiger partial charge in [-0.15, -0.1) is 0 Å². The predicted molar refractivity (Wildman–Crippen MR) is 113 cm³/mol. The number of aromatic nitrogens is 3. The molecule has 4 aromatic rings. The number of hydrogen-bond donors (Lipinski definition) is 1. The summed E-state index contributed by atoms with van der Waals surface area (Å²) in [6.07, 6.45) is 7.33. The Morgan fingerprint density at radius 3 is 2.48 bits per heavy atom. The molecule has 2 aromatic heterocycles. The zero-order valence-electron chi connectivity index (χ0n) is 16.4. The first-order chi connectivity index (χ1) is 14.0. The third-order valence-corrected chi connectivity index (χ3v) is 4.97. The van der Waals surface area contributed by atoms with Crippen LogP contribution in [-0.4, -0.2) is 44.8 Å². The number of aliphatic hydroxyl groups excluding tert-OH is 1. The summed E-state index contributed by atoms with van der Waals surface area (Å²) in [4.78, 5) is 17.8. The van der Waals surface area contributed by atoms with Gasteiger partial charge in [-0.2, -0.15) is 5.10 Å². The van der Waals surface area contributed by atoms with Crippen LogP contribution < -0.4 is 0 Å². The number of nitrogens with zero attached hydrogens (tertiary/aromatic N) is 4. The molecule has 146 valence electrons. The maximum atomic E-state index is 11.9. The number of fused-ring (bicyclic) bond motifs is 1. The van der Waals surface area contributed by atoms with E-state index in [1.165, 1.54) is 0 Å². The van der Waals surface area contributed by atoms with Gasteiger partial charge < -0.3 is 10.0 Å². The Labute approximate surface area is 169 Å². The monoisotopic (exact) mass is 386 g/mol. The number of pyridine rings is 1. The summed E-state index contributed by atoms with van der Waals surface area (Å²) in [6.45, 7) is 0.233. The minimum Gasteiger partial charge on any atom is -0.392 e. The second-order valence-corrected chi connectivity index (χ2v) is 7.19. The predicted octanol–water partition coefficient (Wildman–Crippen LogP) is 3.35. The van der Waals surface area contributed by atoms with E-state index in [9.17, 15) is 9.90 Å². The molecule has 0 aliphatic heterocycles. The normalized spacial score (nSPS) is 11.0. The molecule has 0 fully saturated rings. The van der Waals surface area contributed by atoms with Gasteiger partial charge in [-0.25, -0.2) is 0 Å². The number of carbonyl (C=O) groups is 1. The summed E-state index contributed by atoms with van der Waals surface area (Å²) in [5.74, 6) is 0.000650. The lowest BCUT2D eigenvalue weighted by molar-refractivity contribution is -0.129. The van der Waals surface area contributed by atoms with E-state index in [1.807, 2.05) is 48.9 Å². The lowest BCUT2D eigenvalue weighted by atomic mass is 9.98. The van der Waals surface area contributed by atoms with Crippen LogP contribution in [0.1, 0.15) is 5.56 Å². The molecule has 0 spiro atoms. The maximum absolute atomic E-state index is 11.9. The summed E-state index contributed by atoms with van der Waals surface area (Å²) in [7, 11) is 3.47. The number of hydrogen-bond acceptors (Lipinski definition) is 4. The second-order valence-electron chi connectivity index (χ2n) is 7.19. The Morgan fingerprint density at radius 2 is 1.76 bits per heavy atom. The molecule has 0 radical (unpaired) electrons. The summed E-state index contributed by atoms with van der Waals surface area (Å²) < 4.78 is 1.65. The van der Waals surface area contributed by atoms with Gasteiger partial charge in [0.15, 0.2) is 0 Å². The van der Waals surface area contributed by atoms with Gasteiger partial charge in [-0.05, 0) is 28.1 Å². The van der Waals surface area contributed by atoms with Crippen LogP contribution in [0, 0.1) is 0 Å². The van der Waals surface area contributed by atoms with Crippen LogP contribution in [0.15, 0.2) is 67.3 Å². The minimum atomic E-state index is 0.000650. The topological polar surface area (TPSA) is 71.2 Å². The lowest BCUT2D eigenvalue weighted by Crippen LogP contribution is -2.26. The molecular weight excluding hydrogens is 364 g/mol. The van der Waals surface area contributed by atoms with E-state index in [-0.39, 0.29) is 19.1 Å². The Bertz CT molecular complexity index is 1160. The second kappa shape index (κ2) is 7.85. The average Bonchev–Trinajstić information content (AvgIpc) is 3.21. The van der Waals surface area contributed by atoms with Gasteiger partial charge >= 0.3 is 0 Å². The number of carbonyl (C=O) groups excluding carboxylic acids is 1. The van der Waals surface area contributed by atoms with Gasteiger partial charge in [0, 0.05) is 49.2 Å². The van der Waals surface area contributed by atoms with Crippen LogP contribution >= 0.6 is 0 Å². The van der Waals surface area contributed by atoms with Crippen molar-refractivity contribution >= 4 is 16.7 Å². The van der Waals surface area contributed by atoms with Crippen LogP contribution in [0.3, 0.4) is 0 Å². The fraction of sp³-hybridized carbons (Fsp3) is 0.174. The van der Waals surface area contributed by atoms with Crippen molar-refractivity contribution in [1.29, 1.82) is 0 Å². The van der Waals surface area contributed by atoms with E-state index < -0.39 is 0 Å². The third kappa shape index (κ3) is 3.88. The van der Waals surface area contributed by atoms with Gasteiger partial charge in [0.2, 0.25) is 5.91 Å². The fourth-order valence-corrected chi connectivity index (χ4v) is 3.26. The van der Waals surface area contributed by atoms with Gasteiger partial charge in [0.1, 0.15) is 6.54 Å².